The van der Waals surface area contributed by atoms with Gasteiger partial charge in [0.2, 0.25) is 0 Å². The molecule has 1 aliphatic rings. The summed E-state index contributed by atoms with van der Waals surface area (Å²) in [5.41, 5.74) is 0.365. The zero-order valence-corrected chi connectivity index (χ0v) is 11.0. The van der Waals surface area contributed by atoms with Gasteiger partial charge in [-0.2, -0.15) is 0 Å². The zero-order valence-electron chi connectivity index (χ0n) is 11.0. The van der Waals surface area contributed by atoms with Gasteiger partial charge in [0.1, 0.15) is 0 Å². The molecule has 0 aliphatic carbocycles. The van der Waals surface area contributed by atoms with E-state index >= 15 is 0 Å². The van der Waals surface area contributed by atoms with Gasteiger partial charge in [-0.15, -0.1) is 10.2 Å². The zero-order chi connectivity index (χ0) is 13.0. The van der Waals surface area contributed by atoms with Crippen molar-refractivity contribution < 1.29 is 4.79 Å². The van der Waals surface area contributed by atoms with Gasteiger partial charge >= 0.3 is 0 Å². The first-order valence-corrected chi connectivity index (χ1v) is 6.51. The summed E-state index contributed by atoms with van der Waals surface area (Å²) in [6.45, 7) is 4.34. The monoisotopic (exact) mass is 248 g/mol. The van der Waals surface area contributed by atoms with Crippen molar-refractivity contribution >= 4 is 11.7 Å². The summed E-state index contributed by atoms with van der Waals surface area (Å²) in [5, 5.41) is 10.7. The second-order valence-electron chi connectivity index (χ2n) is 4.88. The Labute approximate surface area is 108 Å². The molecule has 0 aromatic carbocycles. The van der Waals surface area contributed by atoms with Crippen molar-refractivity contribution in [1.82, 2.24) is 15.5 Å². The highest BCUT2D eigenvalue weighted by atomic mass is 16.1. The number of aromatic nitrogens is 2. The van der Waals surface area contributed by atoms with Crippen LogP contribution in [0.3, 0.4) is 0 Å². The van der Waals surface area contributed by atoms with E-state index < -0.39 is 0 Å². The summed E-state index contributed by atoms with van der Waals surface area (Å²) in [5.74, 6) is 1.46. The van der Waals surface area contributed by atoms with E-state index in [0.717, 1.165) is 24.8 Å². The SMILES string of the molecule is CNC(=O)c1ccc(N2CCCC(C)CC2)nn1. The molecule has 1 saturated heterocycles. The Balaban J connectivity index is 2.06. The lowest BCUT2D eigenvalue weighted by atomic mass is 10.0. The predicted molar refractivity (Wildman–Crippen MR) is 70.7 cm³/mol. The molecule has 5 nitrogen and oxygen atoms in total. The Morgan fingerprint density at radius 1 is 1.33 bits per heavy atom. The van der Waals surface area contributed by atoms with Crippen LogP contribution in [0.25, 0.3) is 0 Å². The smallest absolute Gasteiger partial charge is 0.271 e. The fourth-order valence-electron chi connectivity index (χ4n) is 2.24. The summed E-state index contributed by atoms with van der Waals surface area (Å²) in [6.07, 6.45) is 3.67. The molecule has 0 radical (unpaired) electrons. The highest BCUT2D eigenvalue weighted by Gasteiger charge is 2.16. The Kier molecular flexibility index (Phi) is 4.12. The molecule has 1 fully saturated rings. The lowest BCUT2D eigenvalue weighted by Crippen LogP contribution is -2.26. The van der Waals surface area contributed by atoms with Gasteiger partial charge in [-0.3, -0.25) is 4.79 Å². The molecule has 0 spiro atoms. The summed E-state index contributed by atoms with van der Waals surface area (Å²) in [7, 11) is 1.59. The van der Waals surface area contributed by atoms with Gasteiger partial charge in [-0.1, -0.05) is 6.92 Å². The molecular formula is C13H20N4O. The fourth-order valence-corrected chi connectivity index (χ4v) is 2.24. The number of carbonyl (C=O) groups is 1. The van der Waals surface area contributed by atoms with Crippen LogP contribution in [0.4, 0.5) is 5.82 Å². The molecule has 5 heteroatoms. The maximum Gasteiger partial charge on any atom is 0.271 e. The van der Waals surface area contributed by atoms with E-state index in [1.165, 1.54) is 19.3 Å². The van der Waals surface area contributed by atoms with E-state index in [2.05, 4.69) is 27.3 Å². The molecule has 1 atom stereocenters. The first-order chi connectivity index (χ1) is 8.70. The maximum atomic E-state index is 11.4. The molecule has 1 amide bonds. The summed E-state index contributed by atoms with van der Waals surface area (Å²) in [6, 6.07) is 3.61. The highest BCUT2D eigenvalue weighted by Crippen LogP contribution is 2.20. The van der Waals surface area contributed by atoms with Crippen LogP contribution >= 0.6 is 0 Å². The van der Waals surface area contributed by atoms with Crippen molar-refractivity contribution in [1.29, 1.82) is 0 Å². The molecule has 1 aromatic heterocycles. The van der Waals surface area contributed by atoms with Crippen LogP contribution in [0.15, 0.2) is 12.1 Å². The largest absolute Gasteiger partial charge is 0.355 e. The van der Waals surface area contributed by atoms with Gasteiger partial charge in [0.15, 0.2) is 11.5 Å². The minimum atomic E-state index is -0.196. The number of anilines is 1. The van der Waals surface area contributed by atoms with Crippen molar-refractivity contribution in [2.45, 2.75) is 26.2 Å². The molecule has 1 aliphatic heterocycles. The van der Waals surface area contributed by atoms with Crippen LogP contribution < -0.4 is 10.2 Å². The van der Waals surface area contributed by atoms with Gasteiger partial charge in [-0.25, -0.2) is 0 Å². The average molecular weight is 248 g/mol. The van der Waals surface area contributed by atoms with Crippen molar-refractivity contribution in [3.05, 3.63) is 17.8 Å². The third kappa shape index (κ3) is 2.97. The third-order valence-electron chi connectivity index (χ3n) is 3.45. The first kappa shape index (κ1) is 12.8. The van der Waals surface area contributed by atoms with Crippen LogP contribution in [-0.4, -0.2) is 36.2 Å². The van der Waals surface area contributed by atoms with Crippen LogP contribution in [0.5, 0.6) is 0 Å². The molecule has 1 aromatic rings. The van der Waals surface area contributed by atoms with E-state index in [-0.39, 0.29) is 5.91 Å². The minimum absolute atomic E-state index is 0.196. The van der Waals surface area contributed by atoms with E-state index in [1.807, 2.05) is 6.07 Å². The molecular weight excluding hydrogens is 228 g/mol. The van der Waals surface area contributed by atoms with Crippen LogP contribution in [-0.2, 0) is 0 Å². The fraction of sp³-hybridized carbons (Fsp3) is 0.615. The second kappa shape index (κ2) is 5.80. The molecule has 0 bridgehead atoms. The Bertz CT molecular complexity index is 404. The standard InChI is InChI=1S/C13H20N4O/c1-10-4-3-8-17(9-7-10)12-6-5-11(15-16-12)13(18)14-2/h5-6,10H,3-4,7-9H2,1-2H3,(H,14,18). The Hall–Kier alpha value is -1.65. The third-order valence-corrected chi connectivity index (χ3v) is 3.45. The highest BCUT2D eigenvalue weighted by molar-refractivity contribution is 5.91. The van der Waals surface area contributed by atoms with Crippen molar-refractivity contribution in [2.24, 2.45) is 5.92 Å². The lowest BCUT2D eigenvalue weighted by molar-refractivity contribution is 0.0957. The first-order valence-electron chi connectivity index (χ1n) is 6.51. The summed E-state index contributed by atoms with van der Waals surface area (Å²) >= 11 is 0. The van der Waals surface area contributed by atoms with E-state index in [4.69, 9.17) is 0 Å². The Morgan fingerprint density at radius 2 is 2.17 bits per heavy atom. The van der Waals surface area contributed by atoms with E-state index in [9.17, 15) is 4.79 Å². The number of nitrogens with one attached hydrogen (secondary N) is 1. The topological polar surface area (TPSA) is 58.1 Å². The lowest BCUT2D eigenvalue weighted by Gasteiger charge is -2.20. The van der Waals surface area contributed by atoms with Crippen molar-refractivity contribution in [3.8, 4) is 0 Å². The van der Waals surface area contributed by atoms with Gasteiger partial charge in [-0.05, 0) is 37.3 Å². The van der Waals surface area contributed by atoms with Gasteiger partial charge in [0.05, 0.1) is 0 Å². The molecule has 18 heavy (non-hydrogen) atoms. The number of nitrogens with zero attached hydrogens (tertiary/aromatic N) is 3. The van der Waals surface area contributed by atoms with E-state index in [1.54, 1.807) is 13.1 Å². The number of hydrogen-bond acceptors (Lipinski definition) is 4. The Morgan fingerprint density at radius 3 is 2.83 bits per heavy atom. The summed E-state index contributed by atoms with van der Waals surface area (Å²) in [4.78, 5) is 13.6. The molecule has 0 saturated carbocycles. The number of amides is 1. The van der Waals surface area contributed by atoms with Gasteiger partial charge < -0.3 is 10.2 Å². The molecule has 98 valence electrons. The van der Waals surface area contributed by atoms with Crippen LogP contribution in [0, 0.1) is 5.92 Å². The number of carbonyl (C=O) groups excluding carboxylic acids is 1. The predicted octanol–water partition coefficient (Wildman–Crippen LogP) is 1.46. The average Bonchev–Trinajstić information content (AvgIpc) is 2.63. The van der Waals surface area contributed by atoms with Gasteiger partial charge in [0, 0.05) is 20.1 Å². The molecule has 1 N–H and O–H groups in total. The summed E-state index contributed by atoms with van der Waals surface area (Å²) < 4.78 is 0. The van der Waals surface area contributed by atoms with E-state index in [0.29, 0.717) is 5.69 Å². The van der Waals surface area contributed by atoms with Crippen LogP contribution in [0.2, 0.25) is 0 Å². The minimum Gasteiger partial charge on any atom is -0.355 e. The van der Waals surface area contributed by atoms with Crippen LogP contribution in [0.1, 0.15) is 36.7 Å². The van der Waals surface area contributed by atoms with Gasteiger partial charge in [0.25, 0.3) is 5.91 Å². The number of hydrogen-bond donors (Lipinski definition) is 1. The molecule has 2 rings (SSSR count). The normalized spacial score (nSPS) is 20.3. The quantitative estimate of drug-likeness (QED) is 0.861. The maximum absolute atomic E-state index is 11.4. The van der Waals surface area contributed by atoms with Crippen molar-refractivity contribution in [2.75, 3.05) is 25.0 Å². The second-order valence-corrected chi connectivity index (χ2v) is 4.88. The molecule has 1 unspecified atom stereocenters. The van der Waals surface area contributed by atoms with Crippen molar-refractivity contribution in [3.63, 3.8) is 0 Å². The number of rotatable bonds is 2. The molecule has 2 heterocycles.